The fraction of sp³-hybridized carbons (Fsp3) is 0.467. The van der Waals surface area contributed by atoms with Crippen molar-refractivity contribution >= 4 is 5.91 Å². The van der Waals surface area contributed by atoms with E-state index in [1.807, 2.05) is 6.07 Å². The van der Waals surface area contributed by atoms with Crippen LogP contribution in [0.1, 0.15) is 30.3 Å². The smallest absolute Gasteiger partial charge is 0.271 e. The number of nitrogens with one attached hydrogen (secondary N) is 2. The summed E-state index contributed by atoms with van der Waals surface area (Å²) in [5, 5.41) is 9.84. The van der Waals surface area contributed by atoms with E-state index in [0.717, 1.165) is 19.5 Å². The Hall–Kier alpha value is -2.08. The van der Waals surface area contributed by atoms with Crippen LogP contribution in [0, 0.1) is 0 Å². The molecule has 112 valence electrons. The van der Waals surface area contributed by atoms with Gasteiger partial charge in [-0.3, -0.25) is 14.8 Å². The van der Waals surface area contributed by atoms with Crippen LogP contribution in [0.2, 0.25) is 0 Å². The van der Waals surface area contributed by atoms with Crippen LogP contribution < -0.4 is 5.32 Å². The van der Waals surface area contributed by atoms with Gasteiger partial charge in [0.1, 0.15) is 5.69 Å². The summed E-state index contributed by atoms with van der Waals surface area (Å²) < 4.78 is 5.27. The maximum absolute atomic E-state index is 12.1. The molecule has 2 N–H and O–H groups in total. The number of aromatic amines is 1. The van der Waals surface area contributed by atoms with Crippen LogP contribution in [-0.2, 0) is 0 Å². The summed E-state index contributed by atoms with van der Waals surface area (Å²) in [6.45, 7) is 4.99. The Morgan fingerprint density at radius 1 is 1.62 bits per heavy atom. The number of hydrogen-bond acceptors (Lipinski definition) is 4. The lowest BCUT2D eigenvalue weighted by Crippen LogP contribution is -2.40. The summed E-state index contributed by atoms with van der Waals surface area (Å²) in [4.78, 5) is 14.5. The highest BCUT2D eigenvalue weighted by atomic mass is 16.3. The predicted molar refractivity (Wildman–Crippen MR) is 78.9 cm³/mol. The number of rotatable bonds is 5. The molecule has 1 aliphatic heterocycles. The van der Waals surface area contributed by atoms with Crippen molar-refractivity contribution < 1.29 is 9.21 Å². The molecule has 3 rings (SSSR count). The Morgan fingerprint density at radius 3 is 3.29 bits per heavy atom. The lowest BCUT2D eigenvalue weighted by Gasteiger charge is -2.22. The average Bonchev–Trinajstić information content (AvgIpc) is 3.24. The molecule has 0 aromatic carbocycles. The number of H-pyrrole nitrogens is 1. The average molecular weight is 288 g/mol. The molecule has 3 heterocycles. The monoisotopic (exact) mass is 288 g/mol. The van der Waals surface area contributed by atoms with E-state index >= 15 is 0 Å². The lowest BCUT2D eigenvalue weighted by molar-refractivity contribution is 0.0936. The first kappa shape index (κ1) is 13.9. The van der Waals surface area contributed by atoms with Gasteiger partial charge in [0.25, 0.3) is 5.91 Å². The molecular formula is C15H20N4O2. The van der Waals surface area contributed by atoms with Crippen LogP contribution in [0.3, 0.4) is 0 Å². The molecule has 0 bridgehead atoms. The van der Waals surface area contributed by atoms with Gasteiger partial charge in [-0.1, -0.05) is 6.92 Å². The van der Waals surface area contributed by atoms with E-state index in [0.29, 0.717) is 29.7 Å². The van der Waals surface area contributed by atoms with Gasteiger partial charge in [-0.2, -0.15) is 5.10 Å². The Kier molecular flexibility index (Phi) is 4.06. The van der Waals surface area contributed by atoms with E-state index < -0.39 is 0 Å². The Morgan fingerprint density at radius 2 is 2.52 bits per heavy atom. The Labute approximate surface area is 123 Å². The Balaban J connectivity index is 1.58. The van der Waals surface area contributed by atoms with Crippen molar-refractivity contribution in [2.75, 3.05) is 19.6 Å². The summed E-state index contributed by atoms with van der Waals surface area (Å²) in [7, 11) is 0. The number of likely N-dealkylation sites (N-methyl/N-ethyl adjacent to an activating group) is 1. The third-order valence-corrected chi connectivity index (χ3v) is 4.00. The molecule has 2 aromatic rings. The van der Waals surface area contributed by atoms with Gasteiger partial charge in [0, 0.05) is 18.7 Å². The minimum absolute atomic E-state index is 0.146. The summed E-state index contributed by atoms with van der Waals surface area (Å²) >= 11 is 0. The molecule has 0 aliphatic carbocycles. The highest BCUT2D eigenvalue weighted by Crippen LogP contribution is 2.18. The zero-order chi connectivity index (χ0) is 14.7. The molecule has 6 heteroatoms. The third-order valence-electron chi connectivity index (χ3n) is 4.00. The van der Waals surface area contributed by atoms with Gasteiger partial charge < -0.3 is 9.73 Å². The van der Waals surface area contributed by atoms with Crippen molar-refractivity contribution in [1.29, 1.82) is 0 Å². The van der Waals surface area contributed by atoms with E-state index in [-0.39, 0.29) is 5.91 Å². The first-order valence-corrected chi connectivity index (χ1v) is 7.39. The first-order valence-electron chi connectivity index (χ1n) is 7.39. The SMILES string of the molecule is CCN1CCC[C@@H]1CNC(=O)c1cc(-c2ccco2)[nH]n1. The van der Waals surface area contributed by atoms with Gasteiger partial charge in [-0.25, -0.2) is 0 Å². The zero-order valence-corrected chi connectivity index (χ0v) is 12.1. The molecule has 2 aromatic heterocycles. The van der Waals surface area contributed by atoms with Crippen molar-refractivity contribution in [2.45, 2.75) is 25.8 Å². The second kappa shape index (κ2) is 6.13. The molecule has 0 spiro atoms. The highest BCUT2D eigenvalue weighted by molar-refractivity contribution is 5.93. The Bertz CT molecular complexity index is 591. The van der Waals surface area contributed by atoms with Gasteiger partial charge in [-0.15, -0.1) is 0 Å². The minimum Gasteiger partial charge on any atom is -0.463 e. The van der Waals surface area contributed by atoms with Gasteiger partial charge >= 0.3 is 0 Å². The molecule has 1 saturated heterocycles. The fourth-order valence-electron chi connectivity index (χ4n) is 2.84. The summed E-state index contributed by atoms with van der Waals surface area (Å²) in [5.74, 6) is 0.529. The molecule has 21 heavy (non-hydrogen) atoms. The quantitative estimate of drug-likeness (QED) is 0.881. The number of aromatic nitrogens is 2. The van der Waals surface area contributed by atoms with Crippen LogP contribution in [0.5, 0.6) is 0 Å². The van der Waals surface area contributed by atoms with Crippen LogP contribution in [0.25, 0.3) is 11.5 Å². The maximum atomic E-state index is 12.1. The number of hydrogen-bond donors (Lipinski definition) is 2. The molecule has 6 nitrogen and oxygen atoms in total. The van der Waals surface area contributed by atoms with E-state index in [9.17, 15) is 4.79 Å². The van der Waals surface area contributed by atoms with Gasteiger partial charge in [-0.05, 0) is 38.1 Å². The van der Waals surface area contributed by atoms with Crippen molar-refractivity contribution in [3.8, 4) is 11.5 Å². The lowest BCUT2D eigenvalue weighted by atomic mass is 10.2. The maximum Gasteiger partial charge on any atom is 0.271 e. The molecule has 0 saturated carbocycles. The second-order valence-electron chi connectivity index (χ2n) is 5.28. The van der Waals surface area contributed by atoms with Crippen molar-refractivity contribution in [1.82, 2.24) is 20.4 Å². The van der Waals surface area contributed by atoms with E-state index in [2.05, 4.69) is 27.3 Å². The summed E-state index contributed by atoms with van der Waals surface area (Å²) in [6.07, 6.45) is 3.95. The normalized spacial score (nSPS) is 19.0. The molecule has 1 aliphatic rings. The van der Waals surface area contributed by atoms with Crippen LogP contribution >= 0.6 is 0 Å². The summed E-state index contributed by atoms with van der Waals surface area (Å²) in [6, 6.07) is 5.78. The fourth-order valence-corrected chi connectivity index (χ4v) is 2.84. The largest absolute Gasteiger partial charge is 0.463 e. The van der Waals surface area contributed by atoms with E-state index in [1.54, 1.807) is 18.4 Å². The van der Waals surface area contributed by atoms with Crippen LogP contribution in [-0.4, -0.2) is 46.7 Å². The van der Waals surface area contributed by atoms with Crippen molar-refractivity contribution in [2.24, 2.45) is 0 Å². The third kappa shape index (κ3) is 3.00. The number of furan rings is 1. The summed E-state index contributed by atoms with van der Waals surface area (Å²) in [5.41, 5.74) is 1.10. The molecule has 0 unspecified atom stereocenters. The minimum atomic E-state index is -0.146. The van der Waals surface area contributed by atoms with Crippen LogP contribution in [0.4, 0.5) is 0 Å². The second-order valence-corrected chi connectivity index (χ2v) is 5.28. The highest BCUT2D eigenvalue weighted by Gasteiger charge is 2.23. The molecule has 1 amide bonds. The van der Waals surface area contributed by atoms with Crippen molar-refractivity contribution in [3.05, 3.63) is 30.2 Å². The number of amides is 1. The molecule has 1 atom stereocenters. The number of carbonyl (C=O) groups excluding carboxylic acids is 1. The topological polar surface area (TPSA) is 74.2 Å². The molecular weight excluding hydrogens is 268 g/mol. The molecule has 1 fully saturated rings. The first-order chi connectivity index (χ1) is 10.3. The number of likely N-dealkylation sites (tertiary alicyclic amines) is 1. The van der Waals surface area contributed by atoms with Crippen molar-refractivity contribution in [3.63, 3.8) is 0 Å². The van der Waals surface area contributed by atoms with Gasteiger partial charge in [0.2, 0.25) is 0 Å². The van der Waals surface area contributed by atoms with Gasteiger partial charge in [0.05, 0.1) is 6.26 Å². The standard InChI is InChI=1S/C15H20N4O2/c1-2-19-7-3-5-11(19)10-16-15(20)13-9-12(17-18-13)14-6-4-8-21-14/h4,6,8-9,11H,2-3,5,7,10H2,1H3,(H,16,20)(H,17,18)/t11-/m1/s1. The van der Waals surface area contributed by atoms with Gasteiger partial charge in [0.15, 0.2) is 11.5 Å². The zero-order valence-electron chi connectivity index (χ0n) is 12.1. The molecule has 0 radical (unpaired) electrons. The van der Waals surface area contributed by atoms with E-state index in [4.69, 9.17) is 4.42 Å². The van der Waals surface area contributed by atoms with E-state index in [1.165, 1.54) is 6.42 Å². The van der Waals surface area contributed by atoms with Crippen LogP contribution in [0.15, 0.2) is 28.9 Å². The number of nitrogens with zero attached hydrogens (tertiary/aromatic N) is 2. The number of carbonyl (C=O) groups is 1. The predicted octanol–water partition coefficient (Wildman–Crippen LogP) is 1.88.